The second-order valence-electron chi connectivity index (χ2n) is 5.37. The number of thiophene rings is 1. The predicted octanol–water partition coefficient (Wildman–Crippen LogP) is 2.04. The molecule has 3 rings (SSSR count). The molecular weight excluding hydrogens is 274 g/mol. The van der Waals surface area contributed by atoms with E-state index < -0.39 is 6.10 Å². The molecule has 2 aromatic heterocycles. The number of aromatic nitrogens is 2. The summed E-state index contributed by atoms with van der Waals surface area (Å²) in [4.78, 5) is 19.3. The fraction of sp³-hybridized carbons (Fsp3) is 0.571. The molecule has 1 atom stereocenters. The molecule has 6 heteroatoms. The number of hydrogen-bond donors (Lipinski definition) is 1. The Balaban J connectivity index is 2.19. The van der Waals surface area contributed by atoms with Crippen molar-refractivity contribution in [2.45, 2.75) is 32.3 Å². The lowest BCUT2D eigenvalue weighted by Gasteiger charge is -2.28. The zero-order valence-corrected chi connectivity index (χ0v) is 12.6. The quantitative estimate of drug-likeness (QED) is 0.920. The van der Waals surface area contributed by atoms with Gasteiger partial charge in [0.05, 0.1) is 11.6 Å². The van der Waals surface area contributed by atoms with Gasteiger partial charge in [-0.3, -0.25) is 9.36 Å². The summed E-state index contributed by atoms with van der Waals surface area (Å²) >= 11 is 1.36. The van der Waals surface area contributed by atoms with Crippen LogP contribution in [-0.2, 0) is 7.05 Å². The molecule has 0 aliphatic carbocycles. The van der Waals surface area contributed by atoms with E-state index in [1.165, 1.54) is 17.8 Å². The summed E-state index contributed by atoms with van der Waals surface area (Å²) in [5.74, 6) is 0.725. The van der Waals surface area contributed by atoms with Gasteiger partial charge in [-0.15, -0.1) is 11.3 Å². The van der Waals surface area contributed by atoms with Crippen LogP contribution in [0.2, 0.25) is 0 Å². The van der Waals surface area contributed by atoms with Crippen molar-refractivity contribution < 1.29 is 5.11 Å². The second-order valence-corrected chi connectivity index (χ2v) is 6.25. The smallest absolute Gasteiger partial charge is 0.272 e. The van der Waals surface area contributed by atoms with Gasteiger partial charge in [0.25, 0.3) is 5.56 Å². The third-order valence-electron chi connectivity index (χ3n) is 3.89. The number of nitrogens with zero attached hydrogens (tertiary/aromatic N) is 3. The van der Waals surface area contributed by atoms with Crippen LogP contribution in [0.15, 0.2) is 10.2 Å². The lowest BCUT2D eigenvalue weighted by molar-refractivity contribution is 0.201. The van der Waals surface area contributed by atoms with Gasteiger partial charge in [-0.1, -0.05) is 0 Å². The number of aliphatic hydroxyl groups is 1. The minimum absolute atomic E-state index is 0.0209. The molecule has 5 nitrogen and oxygen atoms in total. The number of aliphatic hydroxyl groups excluding tert-OH is 1. The first-order valence-electron chi connectivity index (χ1n) is 7.00. The van der Waals surface area contributed by atoms with Gasteiger partial charge >= 0.3 is 0 Å². The third-order valence-corrected chi connectivity index (χ3v) is 4.87. The van der Waals surface area contributed by atoms with E-state index in [1.54, 1.807) is 18.5 Å². The van der Waals surface area contributed by atoms with E-state index in [1.807, 2.05) is 5.38 Å². The fourth-order valence-electron chi connectivity index (χ4n) is 2.72. The van der Waals surface area contributed by atoms with Crippen LogP contribution in [0.25, 0.3) is 10.2 Å². The van der Waals surface area contributed by atoms with Crippen LogP contribution in [-0.4, -0.2) is 27.7 Å². The van der Waals surface area contributed by atoms with Gasteiger partial charge in [-0.05, 0) is 31.6 Å². The van der Waals surface area contributed by atoms with Gasteiger partial charge in [0, 0.05) is 25.7 Å². The minimum atomic E-state index is -0.599. The molecule has 0 radical (unpaired) electrons. The van der Waals surface area contributed by atoms with Crippen molar-refractivity contribution in [1.29, 1.82) is 0 Å². The summed E-state index contributed by atoms with van der Waals surface area (Å²) in [6.45, 7) is 3.60. The Kier molecular flexibility index (Phi) is 3.52. The van der Waals surface area contributed by atoms with Gasteiger partial charge in [0.1, 0.15) is 4.70 Å². The number of anilines is 1. The Morgan fingerprint density at radius 1 is 1.35 bits per heavy atom. The van der Waals surface area contributed by atoms with Crippen LogP contribution < -0.4 is 10.5 Å². The van der Waals surface area contributed by atoms with Gasteiger partial charge in [0.2, 0.25) is 5.95 Å². The lowest BCUT2D eigenvalue weighted by Crippen LogP contribution is -2.35. The summed E-state index contributed by atoms with van der Waals surface area (Å²) < 4.78 is 2.26. The van der Waals surface area contributed by atoms with Crippen LogP contribution in [0.5, 0.6) is 0 Å². The first-order valence-corrected chi connectivity index (χ1v) is 7.88. The average Bonchev–Trinajstić information content (AvgIpc) is 2.88. The Morgan fingerprint density at radius 2 is 2.05 bits per heavy atom. The second kappa shape index (κ2) is 5.18. The summed E-state index contributed by atoms with van der Waals surface area (Å²) in [5.41, 5.74) is 1.39. The van der Waals surface area contributed by atoms with Crippen LogP contribution in [0.1, 0.15) is 37.9 Å². The molecule has 3 heterocycles. The van der Waals surface area contributed by atoms with Crippen LogP contribution in [0.3, 0.4) is 0 Å². The van der Waals surface area contributed by atoms with E-state index in [-0.39, 0.29) is 5.56 Å². The van der Waals surface area contributed by atoms with Crippen molar-refractivity contribution in [1.82, 2.24) is 9.55 Å². The molecule has 108 valence electrons. The van der Waals surface area contributed by atoms with E-state index in [0.29, 0.717) is 10.2 Å². The molecule has 0 saturated carbocycles. The molecule has 1 N–H and O–H groups in total. The topological polar surface area (TPSA) is 58.4 Å². The molecule has 1 unspecified atom stereocenters. The summed E-state index contributed by atoms with van der Waals surface area (Å²) in [7, 11) is 1.78. The van der Waals surface area contributed by atoms with E-state index in [0.717, 1.165) is 37.4 Å². The van der Waals surface area contributed by atoms with Crippen molar-refractivity contribution in [2.24, 2.45) is 7.05 Å². The molecule has 2 aromatic rings. The normalized spacial score (nSPS) is 17.6. The monoisotopic (exact) mass is 293 g/mol. The van der Waals surface area contributed by atoms with Gasteiger partial charge < -0.3 is 10.0 Å². The molecule has 1 fully saturated rings. The standard InChI is InChI=1S/C14H19N3O2S/c1-9(18)10-8-20-12-11(10)15-14(16(2)13(12)19)17-6-4-3-5-7-17/h8-9,18H,3-7H2,1-2H3. The molecule has 1 aliphatic heterocycles. The van der Waals surface area contributed by atoms with Gasteiger partial charge in [0.15, 0.2) is 0 Å². The van der Waals surface area contributed by atoms with Crippen molar-refractivity contribution in [3.63, 3.8) is 0 Å². The Bertz CT molecular complexity index is 684. The molecule has 0 aromatic carbocycles. The van der Waals surface area contributed by atoms with Crippen molar-refractivity contribution in [2.75, 3.05) is 18.0 Å². The molecule has 1 aliphatic rings. The maximum absolute atomic E-state index is 12.5. The number of rotatable bonds is 2. The Hall–Kier alpha value is -1.40. The highest BCUT2D eigenvalue weighted by Crippen LogP contribution is 2.28. The van der Waals surface area contributed by atoms with Crippen molar-refractivity contribution in [3.8, 4) is 0 Å². The summed E-state index contributed by atoms with van der Waals surface area (Å²) in [6, 6.07) is 0. The van der Waals surface area contributed by atoms with E-state index in [2.05, 4.69) is 9.88 Å². The van der Waals surface area contributed by atoms with Gasteiger partial charge in [-0.25, -0.2) is 4.98 Å². The molecular formula is C14H19N3O2S. The predicted molar refractivity (Wildman–Crippen MR) is 81.6 cm³/mol. The summed E-state index contributed by atoms with van der Waals surface area (Å²) in [5, 5.41) is 11.7. The molecule has 0 bridgehead atoms. The molecule has 1 saturated heterocycles. The molecule has 0 spiro atoms. The minimum Gasteiger partial charge on any atom is -0.389 e. The van der Waals surface area contributed by atoms with Crippen molar-refractivity contribution >= 4 is 27.5 Å². The average molecular weight is 293 g/mol. The number of piperidine rings is 1. The van der Waals surface area contributed by atoms with Crippen LogP contribution in [0, 0.1) is 0 Å². The van der Waals surface area contributed by atoms with E-state index in [9.17, 15) is 9.90 Å². The zero-order chi connectivity index (χ0) is 14.3. The maximum Gasteiger partial charge on any atom is 0.272 e. The largest absolute Gasteiger partial charge is 0.389 e. The van der Waals surface area contributed by atoms with Crippen LogP contribution >= 0.6 is 11.3 Å². The van der Waals surface area contributed by atoms with Crippen molar-refractivity contribution in [3.05, 3.63) is 21.3 Å². The lowest BCUT2D eigenvalue weighted by atomic mass is 10.1. The van der Waals surface area contributed by atoms with E-state index >= 15 is 0 Å². The molecule has 0 amide bonds. The SMILES string of the molecule is CC(O)c1csc2c(=O)n(C)c(N3CCCCC3)nc12. The molecule has 20 heavy (non-hydrogen) atoms. The van der Waals surface area contributed by atoms with Crippen LogP contribution in [0.4, 0.5) is 5.95 Å². The highest BCUT2D eigenvalue weighted by atomic mass is 32.1. The number of fused-ring (bicyclic) bond motifs is 1. The maximum atomic E-state index is 12.5. The van der Waals surface area contributed by atoms with Gasteiger partial charge in [-0.2, -0.15) is 0 Å². The Morgan fingerprint density at radius 3 is 2.70 bits per heavy atom. The zero-order valence-electron chi connectivity index (χ0n) is 11.8. The third kappa shape index (κ3) is 2.13. The number of hydrogen-bond acceptors (Lipinski definition) is 5. The highest BCUT2D eigenvalue weighted by molar-refractivity contribution is 7.17. The summed E-state index contributed by atoms with van der Waals surface area (Å²) in [6.07, 6.45) is 2.92. The fourth-order valence-corrected chi connectivity index (χ4v) is 3.79. The highest BCUT2D eigenvalue weighted by Gasteiger charge is 2.20. The van der Waals surface area contributed by atoms with E-state index in [4.69, 9.17) is 0 Å². The Labute approximate surface area is 121 Å². The first-order chi connectivity index (χ1) is 9.59. The first kappa shape index (κ1) is 13.6.